The van der Waals surface area contributed by atoms with Crippen molar-refractivity contribution >= 4 is 17.7 Å². The van der Waals surface area contributed by atoms with Crippen LogP contribution in [0.2, 0.25) is 0 Å². The van der Waals surface area contributed by atoms with E-state index in [0.717, 1.165) is 0 Å². The van der Waals surface area contributed by atoms with Crippen LogP contribution in [-0.2, 0) is 19.1 Å². The molecule has 0 saturated carbocycles. The van der Waals surface area contributed by atoms with Gasteiger partial charge >= 0.3 is 11.9 Å². The molecule has 0 heterocycles. The molecular formula is C8H12O5. The standard InChI is InChI=1S/C8H12O5/c1-3-5(6(9)7(10)11)8(12)13-4-2/h5H,3-4H2,1-2H3,(H,10,11). The van der Waals surface area contributed by atoms with Gasteiger partial charge in [0.25, 0.3) is 5.78 Å². The zero-order valence-electron chi connectivity index (χ0n) is 7.57. The molecule has 0 aliphatic heterocycles. The molecule has 1 atom stereocenters. The van der Waals surface area contributed by atoms with Gasteiger partial charge in [-0.05, 0) is 13.3 Å². The molecule has 0 spiro atoms. The molecule has 13 heavy (non-hydrogen) atoms. The largest absolute Gasteiger partial charge is 0.475 e. The lowest BCUT2D eigenvalue weighted by molar-refractivity contribution is -0.159. The Morgan fingerprint density at radius 1 is 1.31 bits per heavy atom. The third-order valence-electron chi connectivity index (χ3n) is 1.51. The summed E-state index contributed by atoms with van der Waals surface area (Å²) in [6, 6.07) is 0. The summed E-state index contributed by atoms with van der Waals surface area (Å²) in [5.41, 5.74) is 0. The highest BCUT2D eigenvalue weighted by molar-refractivity contribution is 6.37. The first-order chi connectivity index (χ1) is 6.04. The van der Waals surface area contributed by atoms with E-state index in [1.165, 1.54) is 0 Å². The number of rotatable bonds is 5. The molecule has 0 bridgehead atoms. The smallest absolute Gasteiger partial charge is 0.373 e. The van der Waals surface area contributed by atoms with Crippen LogP contribution in [0.3, 0.4) is 0 Å². The van der Waals surface area contributed by atoms with Gasteiger partial charge in [0.05, 0.1) is 6.61 Å². The Balaban J connectivity index is 4.41. The van der Waals surface area contributed by atoms with Crippen molar-refractivity contribution < 1.29 is 24.2 Å². The van der Waals surface area contributed by atoms with Crippen LogP contribution in [-0.4, -0.2) is 29.4 Å². The van der Waals surface area contributed by atoms with Gasteiger partial charge in [0.1, 0.15) is 5.92 Å². The number of ether oxygens (including phenoxy) is 1. The highest BCUT2D eigenvalue weighted by Gasteiger charge is 2.30. The summed E-state index contributed by atoms with van der Waals surface area (Å²) < 4.78 is 4.54. The van der Waals surface area contributed by atoms with Crippen molar-refractivity contribution in [2.45, 2.75) is 20.3 Å². The molecule has 0 radical (unpaired) electrons. The minimum absolute atomic E-state index is 0.141. The van der Waals surface area contributed by atoms with Gasteiger partial charge in [0.2, 0.25) is 0 Å². The SMILES string of the molecule is CCOC(=O)C(CC)C(=O)C(=O)O. The maximum Gasteiger partial charge on any atom is 0.373 e. The third kappa shape index (κ3) is 3.23. The topological polar surface area (TPSA) is 80.7 Å². The van der Waals surface area contributed by atoms with Crippen LogP contribution < -0.4 is 0 Å². The lowest BCUT2D eigenvalue weighted by Gasteiger charge is -2.08. The predicted octanol–water partition coefficient (Wildman–Crippen LogP) is 0.229. The lowest BCUT2D eigenvalue weighted by Crippen LogP contribution is -2.30. The summed E-state index contributed by atoms with van der Waals surface area (Å²) >= 11 is 0. The molecule has 0 aliphatic carbocycles. The van der Waals surface area contributed by atoms with E-state index in [2.05, 4.69) is 4.74 Å². The van der Waals surface area contributed by atoms with Gasteiger partial charge in [-0.1, -0.05) is 6.92 Å². The maximum atomic E-state index is 11.0. The zero-order valence-corrected chi connectivity index (χ0v) is 7.57. The number of carbonyl (C=O) groups excluding carboxylic acids is 2. The summed E-state index contributed by atoms with van der Waals surface area (Å²) in [7, 11) is 0. The quantitative estimate of drug-likeness (QED) is 0.379. The predicted molar refractivity (Wildman–Crippen MR) is 43.1 cm³/mol. The molecule has 74 valence electrons. The van der Waals surface area contributed by atoms with Crippen LogP contribution in [0.15, 0.2) is 0 Å². The van der Waals surface area contributed by atoms with Gasteiger partial charge < -0.3 is 9.84 Å². The second-order valence-corrected chi connectivity index (χ2v) is 2.38. The van der Waals surface area contributed by atoms with Crippen molar-refractivity contribution in [3.63, 3.8) is 0 Å². The number of hydrogen-bond acceptors (Lipinski definition) is 4. The van der Waals surface area contributed by atoms with Crippen molar-refractivity contribution in [3.8, 4) is 0 Å². The Hall–Kier alpha value is -1.39. The summed E-state index contributed by atoms with van der Waals surface area (Å²) in [6.07, 6.45) is 0.143. The van der Waals surface area contributed by atoms with Crippen molar-refractivity contribution in [3.05, 3.63) is 0 Å². The number of Topliss-reactive ketones (excluding diaryl/α,β-unsaturated/α-hetero) is 1. The number of esters is 1. The highest BCUT2D eigenvalue weighted by atomic mass is 16.5. The maximum absolute atomic E-state index is 11.0. The fraction of sp³-hybridized carbons (Fsp3) is 0.625. The molecule has 0 rings (SSSR count). The van der Waals surface area contributed by atoms with Gasteiger partial charge in [-0.15, -0.1) is 0 Å². The summed E-state index contributed by atoms with van der Waals surface area (Å²) in [4.78, 5) is 32.2. The third-order valence-corrected chi connectivity index (χ3v) is 1.51. The molecule has 0 amide bonds. The zero-order chi connectivity index (χ0) is 10.4. The first-order valence-electron chi connectivity index (χ1n) is 3.98. The molecule has 1 unspecified atom stereocenters. The number of ketones is 1. The van der Waals surface area contributed by atoms with Crippen LogP contribution >= 0.6 is 0 Å². The van der Waals surface area contributed by atoms with Gasteiger partial charge in [-0.3, -0.25) is 9.59 Å². The minimum Gasteiger partial charge on any atom is -0.475 e. The van der Waals surface area contributed by atoms with Gasteiger partial charge in [0, 0.05) is 0 Å². The number of carboxylic acids is 1. The second kappa shape index (κ2) is 5.29. The van der Waals surface area contributed by atoms with E-state index in [1.54, 1.807) is 13.8 Å². The van der Waals surface area contributed by atoms with Gasteiger partial charge in [-0.2, -0.15) is 0 Å². The van der Waals surface area contributed by atoms with Crippen LogP contribution in [0, 0.1) is 5.92 Å². The van der Waals surface area contributed by atoms with Gasteiger partial charge in [0.15, 0.2) is 0 Å². The Morgan fingerprint density at radius 2 is 1.85 bits per heavy atom. The summed E-state index contributed by atoms with van der Waals surface area (Å²) in [6.45, 7) is 3.29. The molecule has 0 aromatic heterocycles. The molecule has 0 saturated heterocycles. The normalized spacial score (nSPS) is 11.8. The van der Waals surface area contributed by atoms with Crippen LogP contribution in [0.5, 0.6) is 0 Å². The van der Waals surface area contributed by atoms with E-state index < -0.39 is 23.6 Å². The van der Waals surface area contributed by atoms with Crippen LogP contribution in [0.25, 0.3) is 0 Å². The second-order valence-electron chi connectivity index (χ2n) is 2.38. The summed E-state index contributed by atoms with van der Waals surface area (Å²) in [5.74, 6) is -4.64. The van der Waals surface area contributed by atoms with Crippen molar-refractivity contribution in [2.24, 2.45) is 5.92 Å². The fourth-order valence-electron chi connectivity index (χ4n) is 0.851. The minimum atomic E-state index is -1.60. The Bertz CT molecular complexity index is 221. The monoisotopic (exact) mass is 188 g/mol. The van der Waals surface area contributed by atoms with Crippen LogP contribution in [0.4, 0.5) is 0 Å². The Kier molecular flexibility index (Phi) is 4.72. The molecular weight excluding hydrogens is 176 g/mol. The molecule has 0 fully saturated rings. The van der Waals surface area contributed by atoms with Crippen LogP contribution in [0.1, 0.15) is 20.3 Å². The molecule has 5 heteroatoms. The molecule has 1 N–H and O–H groups in total. The van der Waals surface area contributed by atoms with E-state index in [1.807, 2.05) is 0 Å². The van der Waals surface area contributed by atoms with Crippen molar-refractivity contribution in [2.75, 3.05) is 6.61 Å². The number of hydrogen-bond donors (Lipinski definition) is 1. The number of aliphatic carboxylic acids is 1. The average Bonchev–Trinajstić information content (AvgIpc) is 2.05. The number of carbonyl (C=O) groups is 3. The first-order valence-corrected chi connectivity index (χ1v) is 3.98. The molecule has 0 aromatic rings. The molecule has 5 nitrogen and oxygen atoms in total. The highest BCUT2D eigenvalue weighted by Crippen LogP contribution is 2.06. The average molecular weight is 188 g/mol. The fourth-order valence-corrected chi connectivity index (χ4v) is 0.851. The van der Waals surface area contributed by atoms with E-state index >= 15 is 0 Å². The van der Waals surface area contributed by atoms with Crippen molar-refractivity contribution in [1.29, 1.82) is 0 Å². The van der Waals surface area contributed by atoms with E-state index in [-0.39, 0.29) is 13.0 Å². The van der Waals surface area contributed by atoms with E-state index in [4.69, 9.17) is 5.11 Å². The van der Waals surface area contributed by atoms with Gasteiger partial charge in [-0.25, -0.2) is 4.79 Å². The van der Waals surface area contributed by atoms with E-state index in [9.17, 15) is 14.4 Å². The molecule has 0 aromatic carbocycles. The van der Waals surface area contributed by atoms with E-state index in [0.29, 0.717) is 0 Å². The Morgan fingerprint density at radius 3 is 2.15 bits per heavy atom. The van der Waals surface area contributed by atoms with Crippen molar-refractivity contribution in [1.82, 2.24) is 0 Å². The first kappa shape index (κ1) is 11.6. The summed E-state index contributed by atoms with van der Waals surface area (Å²) in [5, 5.41) is 8.34. The molecule has 0 aliphatic rings. The lowest BCUT2D eigenvalue weighted by atomic mass is 10.0. The number of carboxylic acid groups (broad SMARTS) is 1. The Labute approximate surface area is 75.7 Å².